The molecular formula is C9H8BrClFNO. The first-order chi connectivity index (χ1) is 6.66. The highest BCUT2D eigenvalue weighted by Gasteiger charge is 2.12. The number of benzene rings is 1. The molecular weight excluding hydrogens is 272 g/mol. The molecule has 0 saturated carbocycles. The average Bonchev–Trinajstić information content (AvgIpc) is 2.18. The summed E-state index contributed by atoms with van der Waals surface area (Å²) < 4.78 is 13.6. The molecule has 76 valence electrons. The molecule has 1 N–H and O–H groups in total. The maximum atomic E-state index is 13.3. The lowest BCUT2D eigenvalue weighted by Gasteiger charge is -2.04. The Bertz CT molecular complexity index is 346. The van der Waals surface area contributed by atoms with Gasteiger partial charge in [-0.15, -0.1) is 11.6 Å². The summed E-state index contributed by atoms with van der Waals surface area (Å²) >= 11 is 8.39. The SMILES string of the molecule is O=C(NCCCl)c1cccc(Br)c1F. The summed E-state index contributed by atoms with van der Waals surface area (Å²) in [4.78, 5) is 11.3. The van der Waals surface area contributed by atoms with E-state index < -0.39 is 11.7 Å². The van der Waals surface area contributed by atoms with E-state index in [0.29, 0.717) is 12.4 Å². The molecule has 0 bridgehead atoms. The second-order valence-corrected chi connectivity index (χ2v) is 3.78. The van der Waals surface area contributed by atoms with Crippen LogP contribution in [0, 0.1) is 5.82 Å². The van der Waals surface area contributed by atoms with Crippen LogP contribution in [0.1, 0.15) is 10.4 Å². The van der Waals surface area contributed by atoms with E-state index in [4.69, 9.17) is 11.6 Å². The van der Waals surface area contributed by atoms with Crippen molar-refractivity contribution in [2.45, 2.75) is 0 Å². The molecule has 0 saturated heterocycles. The van der Waals surface area contributed by atoms with Crippen LogP contribution in [0.25, 0.3) is 0 Å². The number of rotatable bonds is 3. The van der Waals surface area contributed by atoms with Gasteiger partial charge in [0.25, 0.3) is 5.91 Å². The van der Waals surface area contributed by atoms with Crippen LogP contribution in [0.15, 0.2) is 22.7 Å². The highest BCUT2D eigenvalue weighted by atomic mass is 79.9. The van der Waals surface area contributed by atoms with Gasteiger partial charge in [0.15, 0.2) is 0 Å². The Morgan fingerprint density at radius 2 is 2.29 bits per heavy atom. The van der Waals surface area contributed by atoms with Crippen LogP contribution in [0.3, 0.4) is 0 Å². The normalized spacial score (nSPS) is 9.93. The number of hydrogen-bond donors (Lipinski definition) is 1. The number of nitrogens with one attached hydrogen (secondary N) is 1. The summed E-state index contributed by atoms with van der Waals surface area (Å²) in [6, 6.07) is 4.56. The van der Waals surface area contributed by atoms with Gasteiger partial charge in [0.05, 0.1) is 10.0 Å². The maximum Gasteiger partial charge on any atom is 0.254 e. The summed E-state index contributed by atoms with van der Waals surface area (Å²) in [5.41, 5.74) is 0.0180. The number of carbonyl (C=O) groups is 1. The van der Waals surface area contributed by atoms with Crippen LogP contribution in [0.4, 0.5) is 4.39 Å². The Balaban J connectivity index is 2.84. The molecule has 0 fully saturated rings. The third kappa shape index (κ3) is 2.69. The lowest BCUT2D eigenvalue weighted by molar-refractivity contribution is 0.0952. The fraction of sp³-hybridized carbons (Fsp3) is 0.222. The number of hydrogen-bond acceptors (Lipinski definition) is 1. The zero-order valence-corrected chi connectivity index (χ0v) is 9.53. The number of amides is 1. The van der Waals surface area contributed by atoms with Crippen molar-refractivity contribution in [3.63, 3.8) is 0 Å². The van der Waals surface area contributed by atoms with Gasteiger partial charge in [-0.2, -0.15) is 0 Å². The van der Waals surface area contributed by atoms with Gasteiger partial charge in [-0.3, -0.25) is 4.79 Å². The van der Waals surface area contributed by atoms with Crippen molar-refractivity contribution >= 4 is 33.4 Å². The highest BCUT2D eigenvalue weighted by Crippen LogP contribution is 2.18. The first kappa shape index (κ1) is 11.5. The lowest BCUT2D eigenvalue weighted by atomic mass is 10.2. The van der Waals surface area contributed by atoms with Crippen molar-refractivity contribution in [3.05, 3.63) is 34.1 Å². The van der Waals surface area contributed by atoms with Crippen LogP contribution >= 0.6 is 27.5 Å². The van der Waals surface area contributed by atoms with Gasteiger partial charge in [-0.05, 0) is 28.1 Å². The smallest absolute Gasteiger partial charge is 0.254 e. The minimum Gasteiger partial charge on any atom is -0.351 e. The Morgan fingerprint density at radius 3 is 2.93 bits per heavy atom. The van der Waals surface area contributed by atoms with Gasteiger partial charge < -0.3 is 5.32 Å². The molecule has 0 aromatic heterocycles. The predicted octanol–water partition coefficient (Wildman–Crippen LogP) is 2.56. The van der Waals surface area contributed by atoms with Gasteiger partial charge >= 0.3 is 0 Å². The highest BCUT2D eigenvalue weighted by molar-refractivity contribution is 9.10. The van der Waals surface area contributed by atoms with Crippen LogP contribution in [0.2, 0.25) is 0 Å². The molecule has 14 heavy (non-hydrogen) atoms. The Labute approximate surface area is 94.6 Å². The lowest BCUT2D eigenvalue weighted by Crippen LogP contribution is -2.26. The van der Waals surface area contributed by atoms with Crippen LogP contribution in [0.5, 0.6) is 0 Å². The summed E-state index contributed by atoms with van der Waals surface area (Å²) in [6.45, 7) is 0.326. The van der Waals surface area contributed by atoms with E-state index in [0.717, 1.165) is 0 Å². The Kier molecular flexibility index (Phi) is 4.35. The first-order valence-electron chi connectivity index (χ1n) is 3.95. The van der Waals surface area contributed by atoms with E-state index in [2.05, 4.69) is 21.2 Å². The van der Waals surface area contributed by atoms with Gasteiger partial charge in [0, 0.05) is 12.4 Å². The Hall–Kier alpha value is -0.610. The number of halogens is 3. The average molecular weight is 281 g/mol. The molecule has 0 aliphatic heterocycles. The zero-order valence-electron chi connectivity index (χ0n) is 7.19. The second-order valence-electron chi connectivity index (χ2n) is 2.55. The summed E-state index contributed by atoms with van der Waals surface area (Å²) in [5.74, 6) is -0.703. The van der Waals surface area contributed by atoms with Crippen molar-refractivity contribution in [1.29, 1.82) is 0 Å². The van der Waals surface area contributed by atoms with E-state index in [1.165, 1.54) is 12.1 Å². The van der Waals surface area contributed by atoms with E-state index in [1.807, 2.05) is 0 Å². The van der Waals surface area contributed by atoms with E-state index >= 15 is 0 Å². The largest absolute Gasteiger partial charge is 0.351 e. The predicted molar refractivity (Wildman–Crippen MR) is 57.2 cm³/mol. The molecule has 0 heterocycles. The minimum atomic E-state index is -0.556. The molecule has 1 aromatic carbocycles. The van der Waals surface area contributed by atoms with Gasteiger partial charge in [-0.25, -0.2) is 4.39 Å². The van der Waals surface area contributed by atoms with E-state index in [1.54, 1.807) is 6.07 Å². The third-order valence-corrected chi connectivity index (χ3v) is 2.38. The molecule has 1 amide bonds. The van der Waals surface area contributed by atoms with Crippen LogP contribution < -0.4 is 5.32 Å². The standard InChI is InChI=1S/C9H8BrClFNO/c10-7-3-1-2-6(8(7)12)9(14)13-5-4-11/h1-3H,4-5H2,(H,13,14). The summed E-state index contributed by atoms with van der Waals surface area (Å²) in [7, 11) is 0. The molecule has 0 atom stereocenters. The fourth-order valence-corrected chi connectivity index (χ4v) is 1.40. The van der Waals surface area contributed by atoms with Crippen molar-refractivity contribution in [2.75, 3.05) is 12.4 Å². The van der Waals surface area contributed by atoms with Crippen molar-refractivity contribution in [3.8, 4) is 0 Å². The monoisotopic (exact) mass is 279 g/mol. The number of carbonyl (C=O) groups excluding carboxylic acids is 1. The summed E-state index contributed by atoms with van der Waals surface area (Å²) in [5, 5.41) is 2.48. The molecule has 0 unspecified atom stereocenters. The zero-order chi connectivity index (χ0) is 10.6. The van der Waals surface area contributed by atoms with Gasteiger partial charge in [-0.1, -0.05) is 6.07 Å². The second kappa shape index (κ2) is 5.32. The van der Waals surface area contributed by atoms with E-state index in [-0.39, 0.29) is 10.0 Å². The number of alkyl halides is 1. The minimum absolute atomic E-state index is 0.0180. The molecule has 0 spiro atoms. The van der Waals surface area contributed by atoms with Crippen LogP contribution in [-0.4, -0.2) is 18.3 Å². The molecule has 2 nitrogen and oxygen atoms in total. The van der Waals surface area contributed by atoms with Crippen molar-refractivity contribution < 1.29 is 9.18 Å². The molecule has 0 aliphatic rings. The quantitative estimate of drug-likeness (QED) is 0.847. The summed E-state index contributed by atoms with van der Waals surface area (Å²) in [6.07, 6.45) is 0. The molecule has 0 aliphatic carbocycles. The molecule has 0 radical (unpaired) electrons. The third-order valence-electron chi connectivity index (χ3n) is 1.58. The van der Waals surface area contributed by atoms with E-state index in [9.17, 15) is 9.18 Å². The fourth-order valence-electron chi connectivity index (χ4n) is 0.935. The molecule has 5 heteroatoms. The van der Waals surface area contributed by atoms with Gasteiger partial charge in [0.2, 0.25) is 0 Å². The Morgan fingerprint density at radius 1 is 1.57 bits per heavy atom. The molecule has 1 rings (SSSR count). The topological polar surface area (TPSA) is 29.1 Å². The van der Waals surface area contributed by atoms with Crippen molar-refractivity contribution in [2.24, 2.45) is 0 Å². The van der Waals surface area contributed by atoms with Gasteiger partial charge in [0.1, 0.15) is 5.82 Å². The first-order valence-corrected chi connectivity index (χ1v) is 5.27. The van der Waals surface area contributed by atoms with Crippen LogP contribution in [-0.2, 0) is 0 Å². The molecule has 1 aromatic rings. The van der Waals surface area contributed by atoms with Crippen molar-refractivity contribution in [1.82, 2.24) is 5.32 Å². The maximum absolute atomic E-state index is 13.3.